The zero-order chi connectivity index (χ0) is 13.9. The van der Waals surface area contributed by atoms with Gasteiger partial charge in [-0.2, -0.15) is 0 Å². The molecule has 1 unspecified atom stereocenters. The van der Waals surface area contributed by atoms with Crippen molar-refractivity contribution in [3.05, 3.63) is 35.4 Å². The Bertz CT molecular complexity index is 438. The van der Waals surface area contributed by atoms with Crippen molar-refractivity contribution in [2.24, 2.45) is 0 Å². The first kappa shape index (κ1) is 14.0. The zero-order valence-corrected chi connectivity index (χ0v) is 11.8. The number of benzene rings is 1. The van der Waals surface area contributed by atoms with Crippen LogP contribution in [0.5, 0.6) is 0 Å². The molecule has 2 aliphatic heterocycles. The van der Waals surface area contributed by atoms with E-state index in [1.165, 1.54) is 50.9 Å². The molecule has 2 saturated heterocycles. The molecule has 1 atom stereocenters. The monoisotopic (exact) mass is 280 g/mol. The predicted octanol–water partition coefficient (Wildman–Crippen LogP) is 3.03. The predicted molar refractivity (Wildman–Crippen MR) is 75.5 cm³/mol. The second-order valence-electron chi connectivity index (χ2n) is 6.05. The van der Waals surface area contributed by atoms with E-state index in [0.29, 0.717) is 12.6 Å². The van der Waals surface area contributed by atoms with Crippen LogP contribution in [0.1, 0.15) is 31.2 Å². The van der Waals surface area contributed by atoms with Crippen molar-refractivity contribution in [3.8, 4) is 0 Å². The number of halogens is 2. The van der Waals surface area contributed by atoms with Gasteiger partial charge in [0.1, 0.15) is 11.6 Å². The second-order valence-corrected chi connectivity index (χ2v) is 6.05. The molecule has 0 N–H and O–H groups in total. The third kappa shape index (κ3) is 3.36. The number of hydrogen-bond acceptors (Lipinski definition) is 2. The molecule has 0 amide bonds. The minimum absolute atomic E-state index is 0.479. The maximum atomic E-state index is 13.2. The lowest BCUT2D eigenvalue weighted by Crippen LogP contribution is -2.46. The average molecular weight is 280 g/mol. The summed E-state index contributed by atoms with van der Waals surface area (Å²) in [5.41, 5.74) is 0.740. The third-order valence-corrected chi connectivity index (χ3v) is 4.47. The van der Waals surface area contributed by atoms with Gasteiger partial charge in [0.25, 0.3) is 0 Å². The van der Waals surface area contributed by atoms with Crippen molar-refractivity contribution in [1.82, 2.24) is 9.80 Å². The van der Waals surface area contributed by atoms with Gasteiger partial charge >= 0.3 is 0 Å². The summed E-state index contributed by atoms with van der Waals surface area (Å²) in [5.74, 6) is -0.957. The molecule has 0 bridgehead atoms. The van der Waals surface area contributed by atoms with Gasteiger partial charge in [-0.05, 0) is 63.0 Å². The molecule has 1 aromatic rings. The summed E-state index contributed by atoms with van der Waals surface area (Å²) in [5, 5.41) is 0. The molecule has 0 spiro atoms. The Morgan fingerprint density at radius 2 is 1.65 bits per heavy atom. The van der Waals surface area contributed by atoms with Crippen molar-refractivity contribution < 1.29 is 8.78 Å². The van der Waals surface area contributed by atoms with Crippen LogP contribution < -0.4 is 0 Å². The summed E-state index contributed by atoms with van der Waals surface area (Å²) >= 11 is 0. The maximum absolute atomic E-state index is 13.2. The quantitative estimate of drug-likeness (QED) is 0.840. The van der Waals surface area contributed by atoms with Gasteiger partial charge in [-0.1, -0.05) is 0 Å². The fraction of sp³-hybridized carbons (Fsp3) is 0.625. The Balaban J connectivity index is 1.61. The first-order chi connectivity index (χ1) is 9.70. The number of nitrogens with zero attached hydrogens (tertiary/aromatic N) is 2. The normalized spacial score (nSPS) is 25.2. The summed E-state index contributed by atoms with van der Waals surface area (Å²) in [6, 6.07) is 4.46. The van der Waals surface area contributed by atoms with Gasteiger partial charge in [-0.15, -0.1) is 0 Å². The second kappa shape index (κ2) is 6.19. The molecule has 110 valence electrons. The first-order valence-electron chi connectivity index (χ1n) is 7.62. The number of piperidine rings is 1. The molecular formula is C16H22F2N2. The van der Waals surface area contributed by atoms with Crippen molar-refractivity contribution in [2.75, 3.05) is 26.2 Å². The van der Waals surface area contributed by atoms with Crippen LogP contribution in [0.25, 0.3) is 0 Å². The molecule has 0 aromatic heterocycles. The molecule has 0 radical (unpaired) electrons. The van der Waals surface area contributed by atoms with Gasteiger partial charge < -0.3 is 0 Å². The first-order valence-corrected chi connectivity index (χ1v) is 7.62. The van der Waals surface area contributed by atoms with Crippen molar-refractivity contribution in [2.45, 2.75) is 38.3 Å². The van der Waals surface area contributed by atoms with E-state index in [2.05, 4.69) is 9.80 Å². The molecule has 1 aromatic carbocycles. The Morgan fingerprint density at radius 3 is 2.35 bits per heavy atom. The third-order valence-electron chi connectivity index (χ3n) is 4.47. The molecule has 2 heterocycles. The van der Waals surface area contributed by atoms with Gasteiger partial charge in [-0.3, -0.25) is 9.80 Å². The smallest absolute Gasteiger partial charge is 0.126 e. The van der Waals surface area contributed by atoms with Gasteiger partial charge in [0.15, 0.2) is 0 Å². The highest BCUT2D eigenvalue weighted by molar-refractivity contribution is 5.17. The van der Waals surface area contributed by atoms with E-state index in [-0.39, 0.29) is 0 Å². The summed E-state index contributed by atoms with van der Waals surface area (Å²) in [6.45, 7) is 5.14. The van der Waals surface area contributed by atoms with Gasteiger partial charge in [-0.25, -0.2) is 8.78 Å². The molecule has 2 nitrogen and oxygen atoms in total. The number of rotatable bonds is 3. The Morgan fingerprint density at radius 1 is 0.950 bits per heavy atom. The zero-order valence-electron chi connectivity index (χ0n) is 11.8. The van der Waals surface area contributed by atoms with E-state index in [0.717, 1.165) is 24.7 Å². The lowest BCUT2D eigenvalue weighted by Gasteiger charge is -2.37. The lowest BCUT2D eigenvalue weighted by molar-refractivity contribution is 0.110. The Kier molecular flexibility index (Phi) is 4.32. The van der Waals surface area contributed by atoms with E-state index in [1.807, 2.05) is 0 Å². The highest BCUT2D eigenvalue weighted by Crippen LogP contribution is 2.22. The fourth-order valence-electron chi connectivity index (χ4n) is 3.54. The number of hydrogen-bond donors (Lipinski definition) is 0. The van der Waals surface area contributed by atoms with Crippen LogP contribution in [0.4, 0.5) is 8.78 Å². The summed E-state index contributed by atoms with van der Waals surface area (Å²) in [7, 11) is 0. The summed E-state index contributed by atoms with van der Waals surface area (Å²) in [6.07, 6.45) is 5.06. The Hall–Kier alpha value is -1.00. The fourth-order valence-corrected chi connectivity index (χ4v) is 3.54. The van der Waals surface area contributed by atoms with E-state index >= 15 is 0 Å². The van der Waals surface area contributed by atoms with Gasteiger partial charge in [0.2, 0.25) is 0 Å². The van der Waals surface area contributed by atoms with Crippen LogP contribution in [0, 0.1) is 11.6 Å². The van der Waals surface area contributed by atoms with Crippen LogP contribution in [0.15, 0.2) is 18.2 Å². The van der Waals surface area contributed by atoms with Crippen molar-refractivity contribution in [3.63, 3.8) is 0 Å². The summed E-state index contributed by atoms with van der Waals surface area (Å²) < 4.78 is 26.5. The van der Waals surface area contributed by atoms with Crippen LogP contribution in [0.3, 0.4) is 0 Å². The molecule has 0 aliphatic carbocycles. The number of likely N-dealkylation sites (tertiary alicyclic amines) is 2. The van der Waals surface area contributed by atoms with E-state index in [9.17, 15) is 8.78 Å². The molecule has 3 rings (SSSR count). The largest absolute Gasteiger partial charge is 0.299 e. The van der Waals surface area contributed by atoms with Crippen LogP contribution in [0.2, 0.25) is 0 Å². The Labute approximate surface area is 119 Å². The van der Waals surface area contributed by atoms with Crippen LogP contribution in [-0.2, 0) is 6.54 Å². The molecule has 2 fully saturated rings. The minimum atomic E-state index is -0.479. The van der Waals surface area contributed by atoms with Crippen LogP contribution >= 0.6 is 0 Å². The topological polar surface area (TPSA) is 6.48 Å². The minimum Gasteiger partial charge on any atom is -0.299 e. The van der Waals surface area contributed by atoms with E-state index < -0.39 is 11.6 Å². The van der Waals surface area contributed by atoms with Gasteiger partial charge in [0.05, 0.1) is 0 Å². The molecule has 2 aliphatic rings. The molecular weight excluding hydrogens is 258 g/mol. The van der Waals surface area contributed by atoms with Crippen molar-refractivity contribution >= 4 is 0 Å². The van der Waals surface area contributed by atoms with E-state index in [1.54, 1.807) is 0 Å². The molecule has 20 heavy (non-hydrogen) atoms. The van der Waals surface area contributed by atoms with E-state index in [4.69, 9.17) is 0 Å². The van der Waals surface area contributed by atoms with Crippen molar-refractivity contribution in [1.29, 1.82) is 0 Å². The highest BCUT2D eigenvalue weighted by atomic mass is 19.1. The maximum Gasteiger partial charge on any atom is 0.126 e. The highest BCUT2D eigenvalue weighted by Gasteiger charge is 2.27. The standard InChI is InChI=1S/C16H22F2N2/c17-14-8-13(9-15(18)10-14)11-19-5-3-4-16(12-19)20-6-1-2-7-20/h8-10,16H,1-7,11-12H2. The summed E-state index contributed by atoms with van der Waals surface area (Å²) in [4.78, 5) is 4.92. The average Bonchev–Trinajstić information content (AvgIpc) is 2.91. The van der Waals surface area contributed by atoms with Crippen LogP contribution in [-0.4, -0.2) is 42.0 Å². The molecule has 4 heteroatoms. The molecule has 0 saturated carbocycles. The lowest BCUT2D eigenvalue weighted by atomic mass is 10.0. The van der Waals surface area contributed by atoms with Gasteiger partial charge in [0, 0.05) is 25.2 Å². The SMILES string of the molecule is Fc1cc(F)cc(CN2CCCC(N3CCCC3)C2)c1.